The molecule has 3 saturated heterocycles. The molecule has 1 amide bonds. The summed E-state index contributed by atoms with van der Waals surface area (Å²) in [5, 5.41) is 15.8. The Morgan fingerprint density at radius 3 is 2.19 bits per heavy atom. The Morgan fingerprint density at radius 1 is 1.09 bits per heavy atom. The van der Waals surface area contributed by atoms with Gasteiger partial charge >= 0.3 is 5.97 Å². The fourth-order valence-electron chi connectivity index (χ4n) is 7.35. The summed E-state index contributed by atoms with van der Waals surface area (Å²) < 4.78 is 11.6. The second-order valence-electron chi connectivity index (χ2n) is 10.6. The lowest BCUT2D eigenvalue weighted by Crippen LogP contribution is -2.68. The highest BCUT2D eigenvalue weighted by Gasteiger charge is 2.57. The van der Waals surface area contributed by atoms with Crippen LogP contribution >= 0.6 is 0 Å². The van der Waals surface area contributed by atoms with Crippen LogP contribution in [0.3, 0.4) is 0 Å². The third-order valence-electron chi connectivity index (χ3n) is 9.06. The van der Waals surface area contributed by atoms with Crippen LogP contribution in [0, 0.1) is 17.8 Å². The van der Waals surface area contributed by atoms with Gasteiger partial charge in [-0.25, -0.2) is 4.79 Å². The average molecular weight is 447 g/mol. The van der Waals surface area contributed by atoms with E-state index in [1.165, 1.54) is 6.26 Å². The number of carbonyl (C=O) groups excluding carboxylic acids is 2. The number of piperidine rings is 3. The summed E-state index contributed by atoms with van der Waals surface area (Å²) in [6, 6.07) is 1.09. The number of fused-ring (bicyclic) bond motifs is 3. The summed E-state index contributed by atoms with van der Waals surface area (Å²) in [4.78, 5) is 26.1. The van der Waals surface area contributed by atoms with Gasteiger partial charge in [-0.15, -0.1) is 0 Å². The molecular formula is C24H36N3O5+. The summed E-state index contributed by atoms with van der Waals surface area (Å²) in [5.41, 5.74) is 5.00. The summed E-state index contributed by atoms with van der Waals surface area (Å²) in [7, 11) is 0. The summed E-state index contributed by atoms with van der Waals surface area (Å²) in [5.74, 6) is -0.601. The van der Waals surface area contributed by atoms with Gasteiger partial charge in [-0.05, 0) is 37.5 Å². The number of quaternary nitrogens is 1. The van der Waals surface area contributed by atoms with Gasteiger partial charge in [0.15, 0.2) is 17.4 Å². The minimum Gasteiger partial charge on any atom is -0.454 e. The maximum absolute atomic E-state index is 13.6. The molecule has 176 valence electrons. The number of ether oxygens (including phenoxy) is 1. The molecule has 0 radical (unpaired) electrons. The molecule has 1 aromatic rings. The number of aliphatic hydroxyl groups is 1. The number of hydrogen-bond acceptors (Lipinski definition) is 6. The minimum atomic E-state index is -1.38. The molecule has 1 unspecified atom stereocenters. The predicted octanol–water partition coefficient (Wildman–Crippen LogP) is 2.46. The molecule has 1 aromatic heterocycles. The normalized spacial score (nSPS) is 32.3. The average Bonchev–Trinajstić information content (AvgIpc) is 3.57. The largest absolute Gasteiger partial charge is 0.454 e. The number of primary amides is 1. The topological polar surface area (TPSA) is 116 Å². The summed E-state index contributed by atoms with van der Waals surface area (Å²) in [6.07, 6.45) is 10.7. The molecule has 8 nitrogen and oxygen atoms in total. The molecule has 32 heavy (non-hydrogen) atoms. The van der Waals surface area contributed by atoms with E-state index in [4.69, 9.17) is 15.0 Å². The van der Waals surface area contributed by atoms with Crippen LogP contribution in [0.4, 0.5) is 0 Å². The van der Waals surface area contributed by atoms with Gasteiger partial charge in [-0.3, -0.25) is 4.79 Å². The number of nitrogens with two attached hydrogens (primary N) is 1. The number of nitrogens with zero attached hydrogens (tertiary/aromatic N) is 2. The highest BCUT2D eigenvalue weighted by Crippen LogP contribution is 2.47. The van der Waals surface area contributed by atoms with E-state index >= 15 is 0 Å². The van der Waals surface area contributed by atoms with E-state index in [1.807, 2.05) is 0 Å². The maximum Gasteiger partial charge on any atom is 0.339 e. The number of aromatic nitrogens is 1. The van der Waals surface area contributed by atoms with Gasteiger partial charge in [0.05, 0.1) is 13.1 Å². The van der Waals surface area contributed by atoms with Crippen molar-refractivity contribution < 1.29 is 28.4 Å². The number of amides is 1. The van der Waals surface area contributed by atoms with Crippen LogP contribution in [-0.4, -0.2) is 58.0 Å². The highest BCUT2D eigenvalue weighted by molar-refractivity contribution is 5.81. The van der Waals surface area contributed by atoms with Crippen LogP contribution in [0.1, 0.15) is 75.9 Å². The third-order valence-corrected chi connectivity index (χ3v) is 9.06. The van der Waals surface area contributed by atoms with Crippen molar-refractivity contribution in [2.45, 2.75) is 82.0 Å². The molecule has 6 rings (SSSR count). The second-order valence-corrected chi connectivity index (χ2v) is 10.6. The second kappa shape index (κ2) is 8.45. The van der Waals surface area contributed by atoms with Crippen LogP contribution in [0.15, 0.2) is 16.9 Å². The number of carbonyl (C=O) groups is 2. The van der Waals surface area contributed by atoms with Gasteiger partial charge in [-0.1, -0.05) is 30.8 Å². The molecule has 4 heterocycles. The quantitative estimate of drug-likeness (QED) is 0.491. The molecule has 2 atom stereocenters. The molecule has 2 aliphatic carbocycles. The Balaban J connectivity index is 1.38. The summed E-state index contributed by atoms with van der Waals surface area (Å²) in [6.45, 7) is 2.13. The van der Waals surface area contributed by atoms with Gasteiger partial charge in [0, 0.05) is 24.8 Å². The predicted molar refractivity (Wildman–Crippen MR) is 115 cm³/mol. The Bertz CT molecular complexity index is 805. The van der Waals surface area contributed by atoms with Crippen LogP contribution in [0.25, 0.3) is 0 Å². The van der Waals surface area contributed by atoms with Crippen molar-refractivity contribution in [2.75, 3.05) is 19.6 Å². The first-order valence-corrected chi connectivity index (χ1v) is 12.4. The Hall–Kier alpha value is -1.93. The highest BCUT2D eigenvalue weighted by atomic mass is 16.6. The number of rotatable bonds is 7. The standard InChI is InChI=1S/C24H35N3O5/c25-22(28)21(19-11-14-31-26-19)27-12-9-16(10-13-27)20(15-27)32-23(29)24(30,17-5-1-2-6-17)18-7-3-4-8-18/h11,14,16-18,20-21,30H,1-10,12-13,15H2,(H-,25,28)/p+1/t16?,20-,21?,27?/m0/s1. The zero-order chi connectivity index (χ0) is 22.3. The van der Waals surface area contributed by atoms with E-state index in [-0.39, 0.29) is 23.9 Å². The van der Waals surface area contributed by atoms with Crippen molar-refractivity contribution in [1.29, 1.82) is 0 Å². The molecule has 5 aliphatic rings. The first kappa shape index (κ1) is 21.9. The van der Waals surface area contributed by atoms with Gasteiger partial charge < -0.3 is 24.6 Å². The zero-order valence-corrected chi connectivity index (χ0v) is 18.8. The lowest BCUT2D eigenvalue weighted by Gasteiger charge is -2.54. The SMILES string of the molecule is NC(=O)C(c1ccon1)[N+]12CCC(CC1)[C@@H](OC(=O)C(O)(C1CCCC1)C1CCCC1)C2. The van der Waals surface area contributed by atoms with Gasteiger partial charge in [0.25, 0.3) is 5.91 Å². The lowest BCUT2D eigenvalue weighted by molar-refractivity contribution is -0.965. The van der Waals surface area contributed by atoms with Gasteiger partial charge in [0.1, 0.15) is 12.8 Å². The van der Waals surface area contributed by atoms with E-state index in [0.29, 0.717) is 16.7 Å². The van der Waals surface area contributed by atoms with Crippen molar-refractivity contribution in [3.8, 4) is 0 Å². The fraction of sp³-hybridized carbons (Fsp3) is 0.792. The summed E-state index contributed by atoms with van der Waals surface area (Å²) >= 11 is 0. The fourth-order valence-corrected chi connectivity index (χ4v) is 7.35. The van der Waals surface area contributed by atoms with Crippen molar-refractivity contribution in [2.24, 2.45) is 23.5 Å². The molecule has 2 saturated carbocycles. The maximum atomic E-state index is 13.6. The van der Waals surface area contributed by atoms with E-state index in [2.05, 4.69) is 5.16 Å². The molecule has 3 N–H and O–H groups in total. The molecule has 2 bridgehead atoms. The molecule has 3 aliphatic heterocycles. The lowest BCUT2D eigenvalue weighted by atomic mass is 9.74. The minimum absolute atomic E-state index is 0.00386. The van der Waals surface area contributed by atoms with Crippen molar-refractivity contribution in [3.05, 3.63) is 18.0 Å². The van der Waals surface area contributed by atoms with E-state index in [1.54, 1.807) is 6.07 Å². The Morgan fingerprint density at radius 2 is 1.69 bits per heavy atom. The van der Waals surface area contributed by atoms with Crippen LogP contribution in [-0.2, 0) is 14.3 Å². The Labute approximate surface area is 189 Å². The number of hydrogen-bond donors (Lipinski definition) is 2. The first-order chi connectivity index (χ1) is 15.4. The van der Waals surface area contributed by atoms with Crippen molar-refractivity contribution in [1.82, 2.24) is 5.16 Å². The monoisotopic (exact) mass is 446 g/mol. The smallest absolute Gasteiger partial charge is 0.339 e. The van der Waals surface area contributed by atoms with E-state index in [0.717, 1.165) is 77.3 Å². The van der Waals surface area contributed by atoms with E-state index < -0.39 is 23.5 Å². The molecule has 5 fully saturated rings. The molecule has 0 aromatic carbocycles. The van der Waals surface area contributed by atoms with E-state index in [9.17, 15) is 14.7 Å². The van der Waals surface area contributed by atoms with Crippen molar-refractivity contribution >= 4 is 11.9 Å². The molecular weight excluding hydrogens is 410 g/mol. The van der Waals surface area contributed by atoms with Crippen LogP contribution < -0.4 is 5.73 Å². The van der Waals surface area contributed by atoms with Crippen LogP contribution in [0.5, 0.6) is 0 Å². The molecule has 8 heteroatoms. The zero-order valence-electron chi connectivity index (χ0n) is 18.8. The first-order valence-electron chi connectivity index (χ1n) is 12.4. The Kier molecular flexibility index (Phi) is 5.78. The molecule has 0 spiro atoms. The van der Waals surface area contributed by atoms with Crippen molar-refractivity contribution in [3.63, 3.8) is 0 Å². The van der Waals surface area contributed by atoms with Crippen LogP contribution in [0.2, 0.25) is 0 Å². The number of esters is 1. The van der Waals surface area contributed by atoms with Gasteiger partial charge in [0.2, 0.25) is 6.04 Å². The van der Waals surface area contributed by atoms with Gasteiger partial charge in [-0.2, -0.15) is 0 Å². The third kappa shape index (κ3) is 3.55.